The van der Waals surface area contributed by atoms with Gasteiger partial charge in [-0.3, -0.25) is 9.59 Å². The highest BCUT2D eigenvalue weighted by atomic mass is 35.5. The molecule has 1 saturated heterocycles. The molecule has 1 aliphatic rings. The minimum atomic E-state index is -0.354. The van der Waals surface area contributed by atoms with Crippen LogP contribution in [0.15, 0.2) is 71.5 Å². The summed E-state index contributed by atoms with van der Waals surface area (Å²) >= 11 is 0. The minimum absolute atomic E-state index is 0. The number of aromatic nitrogens is 2. The van der Waals surface area contributed by atoms with Gasteiger partial charge >= 0.3 is 0 Å². The lowest BCUT2D eigenvalue weighted by molar-refractivity contribution is 0.0777. The minimum Gasteiger partial charge on any atom is -0.336 e. The molecule has 0 spiro atoms. The zero-order chi connectivity index (χ0) is 20.4. The molecule has 6 nitrogen and oxygen atoms in total. The summed E-state index contributed by atoms with van der Waals surface area (Å²) in [6.07, 6.45) is 0. The number of hydrogen-bond donors (Lipinski definition) is 1. The van der Waals surface area contributed by atoms with Crippen molar-refractivity contribution in [2.45, 2.75) is 12.8 Å². The summed E-state index contributed by atoms with van der Waals surface area (Å²) in [5, 5.41) is 4.42. The van der Waals surface area contributed by atoms with E-state index >= 15 is 0 Å². The van der Waals surface area contributed by atoms with Crippen LogP contribution in [0.5, 0.6) is 0 Å². The van der Waals surface area contributed by atoms with Gasteiger partial charge in [0.05, 0.1) is 5.69 Å². The van der Waals surface area contributed by atoms with Gasteiger partial charge < -0.3 is 10.6 Å². The number of benzene rings is 2. The first-order valence-corrected chi connectivity index (χ1v) is 9.79. The number of rotatable bonds is 4. The molecule has 156 valence electrons. The predicted molar refractivity (Wildman–Crippen MR) is 119 cm³/mol. The van der Waals surface area contributed by atoms with Gasteiger partial charge in [-0.2, -0.15) is 5.10 Å². The summed E-state index contributed by atoms with van der Waals surface area (Å²) in [5.41, 5.74) is 8.24. The van der Waals surface area contributed by atoms with E-state index in [0.717, 1.165) is 11.3 Å². The molecule has 2 heterocycles. The zero-order valence-electron chi connectivity index (χ0n) is 16.8. The quantitative estimate of drug-likeness (QED) is 0.698. The van der Waals surface area contributed by atoms with E-state index in [1.807, 2.05) is 48.5 Å². The average molecular weight is 425 g/mol. The lowest BCUT2D eigenvalue weighted by atomic mass is 9.89. The van der Waals surface area contributed by atoms with E-state index < -0.39 is 0 Å². The second-order valence-corrected chi connectivity index (χ2v) is 7.47. The fraction of sp³-hybridized carbons (Fsp3) is 0.261. The highest BCUT2D eigenvalue weighted by Crippen LogP contribution is 2.32. The number of hydrogen-bond acceptors (Lipinski definition) is 4. The van der Waals surface area contributed by atoms with E-state index in [2.05, 4.69) is 17.2 Å². The summed E-state index contributed by atoms with van der Waals surface area (Å²) in [6.45, 7) is 3.35. The van der Waals surface area contributed by atoms with Crippen molar-refractivity contribution in [3.05, 3.63) is 93.9 Å². The third-order valence-electron chi connectivity index (χ3n) is 5.57. The van der Waals surface area contributed by atoms with Crippen LogP contribution in [0, 0.1) is 12.8 Å². The Hall–Kier alpha value is -2.96. The third-order valence-corrected chi connectivity index (χ3v) is 5.57. The topological polar surface area (TPSA) is 81.2 Å². The Kier molecular flexibility index (Phi) is 6.70. The number of carbonyl (C=O) groups is 1. The lowest BCUT2D eigenvalue weighted by Gasteiger charge is -2.17. The molecule has 3 aromatic rings. The zero-order valence-corrected chi connectivity index (χ0v) is 17.6. The summed E-state index contributed by atoms with van der Waals surface area (Å²) in [6, 6.07) is 21.0. The SMILES string of the molecule is Cc1cc(=O)c(C(=O)N2C[C@@H](CN)[C@H](c3ccccc3)C2)nn1-c1ccccc1.Cl. The molecule has 0 unspecified atom stereocenters. The Bertz CT molecular complexity index is 1070. The maximum atomic E-state index is 13.2. The van der Waals surface area contributed by atoms with Gasteiger partial charge in [0.25, 0.3) is 5.91 Å². The predicted octanol–water partition coefficient (Wildman–Crippen LogP) is 2.78. The van der Waals surface area contributed by atoms with Crippen LogP contribution in [-0.2, 0) is 0 Å². The third kappa shape index (κ3) is 4.15. The molecule has 4 rings (SSSR count). The molecule has 2 atom stereocenters. The molecular formula is C23H25ClN4O2. The monoisotopic (exact) mass is 424 g/mol. The second-order valence-electron chi connectivity index (χ2n) is 7.47. The Morgan fingerprint density at radius 2 is 1.70 bits per heavy atom. The van der Waals surface area contributed by atoms with E-state index in [0.29, 0.717) is 25.3 Å². The van der Waals surface area contributed by atoms with Crippen molar-refractivity contribution in [1.29, 1.82) is 0 Å². The number of likely N-dealkylation sites (tertiary alicyclic amines) is 1. The van der Waals surface area contributed by atoms with Crippen molar-refractivity contribution in [2.75, 3.05) is 19.6 Å². The number of halogens is 1. The molecule has 1 amide bonds. The van der Waals surface area contributed by atoms with Crippen molar-refractivity contribution in [1.82, 2.24) is 14.7 Å². The van der Waals surface area contributed by atoms with Crippen LogP contribution in [0.3, 0.4) is 0 Å². The molecule has 7 heteroatoms. The van der Waals surface area contributed by atoms with E-state index in [1.165, 1.54) is 6.07 Å². The van der Waals surface area contributed by atoms with E-state index in [-0.39, 0.29) is 41.3 Å². The van der Waals surface area contributed by atoms with Crippen molar-refractivity contribution in [3.63, 3.8) is 0 Å². The lowest BCUT2D eigenvalue weighted by Crippen LogP contribution is -2.35. The van der Waals surface area contributed by atoms with Crippen LogP contribution in [0.1, 0.15) is 27.7 Å². The second kappa shape index (κ2) is 9.24. The van der Waals surface area contributed by atoms with E-state index in [9.17, 15) is 9.59 Å². The first-order valence-electron chi connectivity index (χ1n) is 9.79. The van der Waals surface area contributed by atoms with Crippen molar-refractivity contribution < 1.29 is 4.79 Å². The average Bonchev–Trinajstić information content (AvgIpc) is 3.19. The molecule has 2 N–H and O–H groups in total. The van der Waals surface area contributed by atoms with Crippen molar-refractivity contribution >= 4 is 18.3 Å². The largest absolute Gasteiger partial charge is 0.336 e. The van der Waals surface area contributed by atoms with Crippen LogP contribution in [0.2, 0.25) is 0 Å². The number of carbonyl (C=O) groups excluding carboxylic acids is 1. The summed E-state index contributed by atoms with van der Waals surface area (Å²) in [7, 11) is 0. The van der Waals surface area contributed by atoms with E-state index in [4.69, 9.17) is 5.73 Å². The number of nitrogens with zero attached hydrogens (tertiary/aromatic N) is 3. The van der Waals surface area contributed by atoms with Gasteiger partial charge in [-0.1, -0.05) is 48.5 Å². The number of amides is 1. The van der Waals surface area contributed by atoms with Crippen LogP contribution < -0.4 is 11.2 Å². The molecule has 0 bridgehead atoms. The normalized spacial score (nSPS) is 18.1. The highest BCUT2D eigenvalue weighted by Gasteiger charge is 2.36. The summed E-state index contributed by atoms with van der Waals surface area (Å²) in [5.74, 6) is -0.0216. The Morgan fingerprint density at radius 3 is 2.33 bits per heavy atom. The molecule has 1 fully saturated rings. The molecule has 0 aliphatic carbocycles. The van der Waals surface area contributed by atoms with Crippen molar-refractivity contribution in [3.8, 4) is 5.69 Å². The summed E-state index contributed by atoms with van der Waals surface area (Å²) in [4.78, 5) is 27.5. The molecule has 2 aromatic carbocycles. The Balaban J connectivity index is 0.00000256. The molecular weight excluding hydrogens is 400 g/mol. The summed E-state index contributed by atoms with van der Waals surface area (Å²) < 4.78 is 1.64. The van der Waals surface area contributed by atoms with Crippen LogP contribution in [0.4, 0.5) is 0 Å². The van der Waals surface area contributed by atoms with E-state index in [1.54, 1.807) is 16.5 Å². The van der Waals surface area contributed by atoms with Gasteiger partial charge in [0.2, 0.25) is 5.43 Å². The van der Waals surface area contributed by atoms with Gasteiger partial charge in [0, 0.05) is 30.8 Å². The molecule has 30 heavy (non-hydrogen) atoms. The fourth-order valence-corrected chi connectivity index (χ4v) is 4.03. The first kappa shape index (κ1) is 21.7. The standard InChI is InChI=1S/C23H24N4O2.ClH/c1-16-12-21(28)22(25-27(16)19-10-6-3-7-11-19)23(29)26-14-18(13-24)20(15-26)17-8-4-2-5-9-17;/h2-12,18,20H,13-15,24H2,1H3;1H/t18-,20+;/m1./s1. The maximum absolute atomic E-state index is 13.2. The first-order chi connectivity index (χ1) is 14.1. The Morgan fingerprint density at radius 1 is 1.07 bits per heavy atom. The molecule has 0 saturated carbocycles. The van der Waals surface area contributed by atoms with Gasteiger partial charge in [-0.05, 0) is 37.1 Å². The highest BCUT2D eigenvalue weighted by molar-refractivity contribution is 5.92. The van der Waals surface area contributed by atoms with Crippen LogP contribution >= 0.6 is 12.4 Å². The number of nitrogens with two attached hydrogens (primary N) is 1. The molecule has 0 radical (unpaired) electrons. The van der Waals surface area contributed by atoms with Gasteiger partial charge in [0.1, 0.15) is 0 Å². The smallest absolute Gasteiger partial charge is 0.278 e. The van der Waals surface area contributed by atoms with Gasteiger partial charge in [-0.25, -0.2) is 4.68 Å². The van der Waals surface area contributed by atoms with Gasteiger partial charge in [-0.15, -0.1) is 12.4 Å². The fourth-order valence-electron chi connectivity index (χ4n) is 4.03. The maximum Gasteiger partial charge on any atom is 0.278 e. The Labute approximate surface area is 181 Å². The number of aryl methyl sites for hydroxylation is 1. The van der Waals surface area contributed by atoms with Crippen LogP contribution in [0.25, 0.3) is 5.69 Å². The molecule has 1 aromatic heterocycles. The molecule has 1 aliphatic heterocycles. The number of para-hydroxylation sites is 1. The van der Waals surface area contributed by atoms with Crippen LogP contribution in [-0.4, -0.2) is 40.2 Å². The van der Waals surface area contributed by atoms with Crippen molar-refractivity contribution in [2.24, 2.45) is 11.7 Å². The van der Waals surface area contributed by atoms with Gasteiger partial charge in [0.15, 0.2) is 5.69 Å².